The molecule has 4 heteroatoms. The first-order valence-corrected chi connectivity index (χ1v) is 7.02. The Hall–Kier alpha value is -1.81. The van der Waals surface area contributed by atoms with Crippen molar-refractivity contribution in [3.05, 3.63) is 47.3 Å². The highest BCUT2D eigenvalue weighted by atomic mass is 16.5. The quantitative estimate of drug-likeness (QED) is 0.879. The van der Waals surface area contributed by atoms with Gasteiger partial charge in [0.05, 0.1) is 12.8 Å². The zero-order chi connectivity index (χ0) is 14.5. The van der Waals surface area contributed by atoms with Gasteiger partial charge in [0.2, 0.25) is 0 Å². The lowest BCUT2D eigenvalue weighted by Gasteiger charge is -2.15. The van der Waals surface area contributed by atoms with E-state index in [-0.39, 0.29) is 6.04 Å². The summed E-state index contributed by atoms with van der Waals surface area (Å²) in [5.41, 5.74) is 3.66. The Balaban J connectivity index is 2.02. The molecule has 0 amide bonds. The Morgan fingerprint density at radius 3 is 2.90 bits per heavy atom. The molecule has 0 saturated heterocycles. The van der Waals surface area contributed by atoms with Crippen molar-refractivity contribution in [2.75, 3.05) is 7.11 Å². The smallest absolute Gasteiger partial charge is 0.119 e. The number of rotatable bonds is 6. The van der Waals surface area contributed by atoms with Gasteiger partial charge in [-0.05, 0) is 31.0 Å². The fourth-order valence-corrected chi connectivity index (χ4v) is 2.32. The topological polar surface area (TPSA) is 39.1 Å². The molecule has 108 valence electrons. The number of hydrogen-bond acceptors (Lipinski definition) is 3. The van der Waals surface area contributed by atoms with Crippen molar-refractivity contribution in [1.29, 1.82) is 0 Å². The number of aryl methyl sites for hydroxylation is 2. The maximum absolute atomic E-state index is 5.27. The van der Waals surface area contributed by atoms with Gasteiger partial charge in [0, 0.05) is 31.4 Å². The Bertz CT molecular complexity index is 563. The standard InChI is InChI=1S/C16H23N3O/c1-5-16-14(11-19(3)18-16)10-17-12(2)13-7-6-8-15(9-13)20-4/h6-9,11-12,17H,5,10H2,1-4H3. The van der Waals surface area contributed by atoms with Gasteiger partial charge in [-0.25, -0.2) is 0 Å². The Morgan fingerprint density at radius 2 is 2.20 bits per heavy atom. The number of nitrogens with one attached hydrogen (secondary N) is 1. The number of hydrogen-bond donors (Lipinski definition) is 1. The molecule has 1 aromatic carbocycles. The lowest BCUT2D eigenvalue weighted by atomic mass is 10.1. The van der Waals surface area contributed by atoms with Crippen LogP contribution in [0.5, 0.6) is 5.75 Å². The van der Waals surface area contributed by atoms with E-state index in [1.54, 1.807) is 7.11 Å². The summed E-state index contributed by atoms with van der Waals surface area (Å²) in [6, 6.07) is 8.45. The first-order valence-electron chi connectivity index (χ1n) is 7.02. The molecule has 4 nitrogen and oxygen atoms in total. The summed E-state index contributed by atoms with van der Waals surface area (Å²) in [5.74, 6) is 0.895. The van der Waals surface area contributed by atoms with Crippen LogP contribution in [0.4, 0.5) is 0 Å². The number of ether oxygens (including phenoxy) is 1. The minimum Gasteiger partial charge on any atom is -0.497 e. The third-order valence-corrected chi connectivity index (χ3v) is 3.52. The number of methoxy groups -OCH3 is 1. The maximum Gasteiger partial charge on any atom is 0.119 e. The lowest BCUT2D eigenvalue weighted by Crippen LogP contribution is -2.18. The first-order chi connectivity index (χ1) is 9.63. The molecule has 0 saturated carbocycles. The van der Waals surface area contributed by atoms with Gasteiger partial charge in [-0.3, -0.25) is 4.68 Å². The van der Waals surface area contributed by atoms with E-state index in [1.165, 1.54) is 11.1 Å². The normalized spacial score (nSPS) is 12.4. The fourth-order valence-electron chi connectivity index (χ4n) is 2.32. The molecule has 0 spiro atoms. The molecule has 0 aliphatic carbocycles. The molecule has 2 aromatic rings. The third-order valence-electron chi connectivity index (χ3n) is 3.52. The van der Waals surface area contributed by atoms with Crippen LogP contribution in [0, 0.1) is 0 Å². The summed E-state index contributed by atoms with van der Waals surface area (Å²) in [4.78, 5) is 0. The van der Waals surface area contributed by atoms with Crippen LogP contribution in [0.2, 0.25) is 0 Å². The molecule has 1 unspecified atom stereocenters. The molecule has 0 radical (unpaired) electrons. The predicted octanol–water partition coefficient (Wildman–Crippen LogP) is 2.84. The second kappa shape index (κ2) is 6.57. The highest BCUT2D eigenvalue weighted by molar-refractivity contribution is 5.30. The number of nitrogens with zero attached hydrogens (tertiary/aromatic N) is 2. The molecule has 1 atom stereocenters. The fraction of sp³-hybridized carbons (Fsp3) is 0.438. The summed E-state index contributed by atoms with van der Waals surface area (Å²) >= 11 is 0. The summed E-state index contributed by atoms with van der Waals surface area (Å²) in [6.07, 6.45) is 3.05. The van der Waals surface area contributed by atoms with E-state index >= 15 is 0 Å². The lowest BCUT2D eigenvalue weighted by molar-refractivity contribution is 0.413. The van der Waals surface area contributed by atoms with Crippen LogP contribution in [-0.4, -0.2) is 16.9 Å². The van der Waals surface area contributed by atoms with E-state index in [2.05, 4.69) is 42.6 Å². The SMILES string of the molecule is CCc1nn(C)cc1CNC(C)c1cccc(OC)c1. The average molecular weight is 273 g/mol. The molecule has 1 N–H and O–H groups in total. The molecule has 20 heavy (non-hydrogen) atoms. The van der Waals surface area contributed by atoms with Crippen molar-refractivity contribution in [1.82, 2.24) is 15.1 Å². The monoisotopic (exact) mass is 273 g/mol. The largest absolute Gasteiger partial charge is 0.497 e. The van der Waals surface area contributed by atoms with Gasteiger partial charge in [-0.1, -0.05) is 19.1 Å². The molecule has 0 fully saturated rings. The second-order valence-corrected chi connectivity index (χ2v) is 5.01. The third kappa shape index (κ3) is 3.39. The van der Waals surface area contributed by atoms with E-state index < -0.39 is 0 Å². The van der Waals surface area contributed by atoms with Gasteiger partial charge in [-0.15, -0.1) is 0 Å². The molecule has 1 aromatic heterocycles. The van der Waals surface area contributed by atoms with Crippen molar-refractivity contribution in [3.8, 4) is 5.75 Å². The predicted molar refractivity (Wildman–Crippen MR) is 80.8 cm³/mol. The van der Waals surface area contributed by atoms with E-state index in [9.17, 15) is 0 Å². The van der Waals surface area contributed by atoms with Crippen molar-refractivity contribution in [3.63, 3.8) is 0 Å². The Kier molecular flexibility index (Phi) is 4.79. The van der Waals surface area contributed by atoms with Crippen LogP contribution in [0.3, 0.4) is 0 Å². The van der Waals surface area contributed by atoms with Gasteiger partial charge in [0.25, 0.3) is 0 Å². The van der Waals surface area contributed by atoms with Crippen LogP contribution < -0.4 is 10.1 Å². The van der Waals surface area contributed by atoms with Crippen LogP contribution in [0.25, 0.3) is 0 Å². The molecular weight excluding hydrogens is 250 g/mol. The maximum atomic E-state index is 5.27. The molecular formula is C16H23N3O. The molecule has 0 bridgehead atoms. The highest BCUT2D eigenvalue weighted by Crippen LogP contribution is 2.19. The van der Waals surface area contributed by atoms with Crippen LogP contribution in [0.1, 0.15) is 36.7 Å². The van der Waals surface area contributed by atoms with Crippen LogP contribution in [0.15, 0.2) is 30.5 Å². The van der Waals surface area contributed by atoms with Gasteiger partial charge in [0.15, 0.2) is 0 Å². The number of aromatic nitrogens is 2. The van der Waals surface area contributed by atoms with Crippen molar-refractivity contribution in [2.24, 2.45) is 7.05 Å². The second-order valence-electron chi connectivity index (χ2n) is 5.01. The van der Waals surface area contributed by atoms with Gasteiger partial charge in [-0.2, -0.15) is 5.10 Å². The van der Waals surface area contributed by atoms with Crippen molar-refractivity contribution in [2.45, 2.75) is 32.9 Å². The van der Waals surface area contributed by atoms with Gasteiger partial charge in [0.1, 0.15) is 5.75 Å². The first kappa shape index (κ1) is 14.6. The van der Waals surface area contributed by atoms with Crippen molar-refractivity contribution >= 4 is 0 Å². The molecule has 2 rings (SSSR count). The zero-order valence-electron chi connectivity index (χ0n) is 12.7. The van der Waals surface area contributed by atoms with E-state index in [4.69, 9.17) is 4.74 Å². The molecule has 0 aliphatic heterocycles. The Labute approximate surface area is 120 Å². The summed E-state index contributed by atoms with van der Waals surface area (Å²) in [7, 11) is 3.66. The minimum atomic E-state index is 0.273. The zero-order valence-corrected chi connectivity index (χ0v) is 12.7. The molecule has 0 aliphatic rings. The van der Waals surface area contributed by atoms with Crippen LogP contribution >= 0.6 is 0 Å². The highest BCUT2D eigenvalue weighted by Gasteiger charge is 2.09. The summed E-state index contributed by atoms with van der Waals surface area (Å²) in [5, 5.41) is 8.01. The van der Waals surface area contributed by atoms with Crippen LogP contribution in [-0.2, 0) is 20.0 Å². The average Bonchev–Trinajstić information content (AvgIpc) is 2.85. The van der Waals surface area contributed by atoms with E-state index in [1.807, 2.05) is 23.9 Å². The van der Waals surface area contributed by atoms with E-state index in [0.29, 0.717) is 0 Å². The Morgan fingerprint density at radius 1 is 1.40 bits per heavy atom. The summed E-state index contributed by atoms with van der Waals surface area (Å²) < 4.78 is 7.15. The van der Waals surface area contributed by atoms with Crippen molar-refractivity contribution < 1.29 is 4.74 Å². The van der Waals surface area contributed by atoms with Gasteiger partial charge >= 0.3 is 0 Å². The van der Waals surface area contributed by atoms with E-state index in [0.717, 1.165) is 24.4 Å². The van der Waals surface area contributed by atoms with Gasteiger partial charge < -0.3 is 10.1 Å². The number of benzene rings is 1. The molecule has 1 heterocycles. The summed E-state index contributed by atoms with van der Waals surface area (Å²) in [6.45, 7) is 5.13. The minimum absolute atomic E-state index is 0.273.